The summed E-state index contributed by atoms with van der Waals surface area (Å²) in [5, 5.41) is 4.10. The number of halogens is 1. The van der Waals surface area contributed by atoms with Crippen molar-refractivity contribution in [2.24, 2.45) is 0 Å². The highest BCUT2D eigenvalue weighted by atomic mass is 32.2. The molecule has 0 amide bonds. The molecule has 0 bridgehead atoms. The van der Waals surface area contributed by atoms with Gasteiger partial charge in [-0.25, -0.2) is 4.39 Å². The van der Waals surface area contributed by atoms with Crippen molar-refractivity contribution in [3.05, 3.63) is 29.6 Å². The zero-order valence-electron chi connectivity index (χ0n) is 11.5. The Morgan fingerprint density at radius 1 is 1.39 bits per heavy atom. The Bertz CT molecular complexity index is 373. The molecule has 0 aliphatic carbocycles. The molecular formula is C14H22FNOS. The van der Waals surface area contributed by atoms with Crippen LogP contribution in [0.25, 0.3) is 0 Å². The molecule has 0 aliphatic rings. The molecule has 0 radical (unpaired) electrons. The van der Waals surface area contributed by atoms with E-state index >= 15 is 0 Å². The molecule has 0 spiro atoms. The smallest absolute Gasteiger partial charge is 0.165 e. The van der Waals surface area contributed by atoms with Crippen LogP contribution in [0.15, 0.2) is 18.2 Å². The molecule has 4 heteroatoms. The lowest BCUT2D eigenvalue weighted by molar-refractivity contribution is 0.385. The minimum atomic E-state index is -0.315. The average Bonchev–Trinajstić information content (AvgIpc) is 2.38. The molecule has 1 aromatic rings. The summed E-state index contributed by atoms with van der Waals surface area (Å²) in [6.45, 7) is 5.26. The van der Waals surface area contributed by atoms with Crippen LogP contribution < -0.4 is 10.1 Å². The van der Waals surface area contributed by atoms with Gasteiger partial charge in [0.25, 0.3) is 0 Å². The maximum absolute atomic E-state index is 13.3. The molecule has 2 atom stereocenters. The topological polar surface area (TPSA) is 21.3 Å². The third-order valence-electron chi connectivity index (χ3n) is 3.08. The molecule has 0 heterocycles. The molecule has 1 aromatic carbocycles. The van der Waals surface area contributed by atoms with Gasteiger partial charge in [0, 0.05) is 11.3 Å². The van der Waals surface area contributed by atoms with Gasteiger partial charge in [0.1, 0.15) is 0 Å². The van der Waals surface area contributed by atoms with E-state index < -0.39 is 0 Å². The Kier molecular flexibility index (Phi) is 6.50. The SMILES string of the molecule is COc1cc(C(C)NCCC(C)SC)ccc1F. The Balaban J connectivity index is 2.53. The van der Waals surface area contributed by atoms with E-state index in [4.69, 9.17) is 4.74 Å². The molecule has 0 saturated heterocycles. The third-order valence-corrected chi connectivity index (χ3v) is 4.12. The van der Waals surface area contributed by atoms with E-state index in [1.165, 1.54) is 13.2 Å². The molecule has 2 unspecified atom stereocenters. The van der Waals surface area contributed by atoms with Gasteiger partial charge in [-0.05, 0) is 43.8 Å². The Labute approximate surface area is 113 Å². The largest absolute Gasteiger partial charge is 0.494 e. The lowest BCUT2D eigenvalue weighted by Gasteiger charge is -2.16. The van der Waals surface area contributed by atoms with Crippen LogP contribution in [0.5, 0.6) is 5.75 Å². The lowest BCUT2D eigenvalue weighted by atomic mass is 10.1. The van der Waals surface area contributed by atoms with Crippen molar-refractivity contribution in [2.45, 2.75) is 31.6 Å². The van der Waals surface area contributed by atoms with E-state index in [0.29, 0.717) is 11.0 Å². The molecule has 18 heavy (non-hydrogen) atoms. The quantitative estimate of drug-likeness (QED) is 0.818. The molecule has 0 saturated carbocycles. The number of thioether (sulfide) groups is 1. The molecule has 102 valence electrons. The summed E-state index contributed by atoms with van der Waals surface area (Å²) in [7, 11) is 1.49. The van der Waals surface area contributed by atoms with Crippen molar-refractivity contribution in [3.63, 3.8) is 0 Å². The zero-order chi connectivity index (χ0) is 13.5. The fraction of sp³-hybridized carbons (Fsp3) is 0.571. The van der Waals surface area contributed by atoms with Crippen LogP contribution in [0.1, 0.15) is 31.9 Å². The first-order chi connectivity index (χ1) is 8.58. The maximum Gasteiger partial charge on any atom is 0.165 e. The average molecular weight is 271 g/mol. The molecule has 0 aliphatic heterocycles. The summed E-state index contributed by atoms with van der Waals surface area (Å²) in [5.74, 6) is -0.0110. The van der Waals surface area contributed by atoms with Gasteiger partial charge >= 0.3 is 0 Å². The highest BCUT2D eigenvalue weighted by Gasteiger charge is 2.09. The number of hydrogen-bond acceptors (Lipinski definition) is 3. The molecule has 1 rings (SSSR count). The predicted octanol–water partition coefficient (Wildman–Crippen LogP) is 3.63. The second kappa shape index (κ2) is 7.64. The Hall–Kier alpha value is -0.740. The number of rotatable bonds is 7. The molecule has 2 nitrogen and oxygen atoms in total. The van der Waals surface area contributed by atoms with Crippen LogP contribution in [0.3, 0.4) is 0 Å². The van der Waals surface area contributed by atoms with Crippen LogP contribution in [-0.2, 0) is 0 Å². The fourth-order valence-electron chi connectivity index (χ4n) is 1.68. The zero-order valence-corrected chi connectivity index (χ0v) is 12.3. The van der Waals surface area contributed by atoms with Crippen molar-refractivity contribution < 1.29 is 9.13 Å². The van der Waals surface area contributed by atoms with Gasteiger partial charge in [-0.1, -0.05) is 13.0 Å². The minimum absolute atomic E-state index is 0.202. The highest BCUT2D eigenvalue weighted by Crippen LogP contribution is 2.22. The van der Waals surface area contributed by atoms with Crippen molar-refractivity contribution in [3.8, 4) is 5.75 Å². The predicted molar refractivity (Wildman–Crippen MR) is 77.0 cm³/mol. The summed E-state index contributed by atoms with van der Waals surface area (Å²) < 4.78 is 18.3. The van der Waals surface area contributed by atoms with Gasteiger partial charge in [0.15, 0.2) is 11.6 Å². The van der Waals surface area contributed by atoms with Crippen LogP contribution in [-0.4, -0.2) is 25.2 Å². The number of ether oxygens (including phenoxy) is 1. The van der Waals surface area contributed by atoms with Crippen LogP contribution in [0.4, 0.5) is 4.39 Å². The standard InChI is InChI=1S/C14H22FNOS/c1-10(18-4)7-8-16-11(2)12-5-6-13(15)14(9-12)17-3/h5-6,9-11,16H,7-8H2,1-4H3. The second-order valence-corrected chi connectivity index (χ2v) is 5.68. The van der Waals surface area contributed by atoms with Crippen molar-refractivity contribution >= 4 is 11.8 Å². The van der Waals surface area contributed by atoms with Gasteiger partial charge in [-0.15, -0.1) is 0 Å². The molecule has 0 fully saturated rings. The minimum Gasteiger partial charge on any atom is -0.494 e. The first-order valence-corrected chi connectivity index (χ1v) is 7.47. The summed E-state index contributed by atoms with van der Waals surface area (Å²) >= 11 is 1.87. The molecule has 0 aromatic heterocycles. The van der Waals surface area contributed by atoms with Crippen molar-refractivity contribution in [1.82, 2.24) is 5.32 Å². The number of methoxy groups -OCH3 is 1. The number of hydrogen-bond donors (Lipinski definition) is 1. The third kappa shape index (κ3) is 4.50. The highest BCUT2D eigenvalue weighted by molar-refractivity contribution is 7.99. The van der Waals surface area contributed by atoms with E-state index in [2.05, 4.69) is 25.4 Å². The van der Waals surface area contributed by atoms with Gasteiger partial charge in [0.05, 0.1) is 7.11 Å². The Morgan fingerprint density at radius 3 is 2.72 bits per heavy atom. The molecule has 1 N–H and O–H groups in total. The van der Waals surface area contributed by atoms with Crippen LogP contribution in [0.2, 0.25) is 0 Å². The maximum atomic E-state index is 13.3. The second-order valence-electron chi connectivity index (χ2n) is 4.40. The van der Waals surface area contributed by atoms with Crippen LogP contribution in [0, 0.1) is 5.82 Å². The van der Waals surface area contributed by atoms with Gasteiger partial charge in [0.2, 0.25) is 0 Å². The first kappa shape index (κ1) is 15.3. The Morgan fingerprint density at radius 2 is 2.11 bits per heavy atom. The van der Waals surface area contributed by atoms with Crippen molar-refractivity contribution in [1.29, 1.82) is 0 Å². The summed E-state index contributed by atoms with van der Waals surface area (Å²) in [6, 6.07) is 5.21. The van der Waals surface area contributed by atoms with Gasteiger partial charge < -0.3 is 10.1 Å². The fourth-order valence-corrected chi connectivity index (χ4v) is 2.04. The summed E-state index contributed by atoms with van der Waals surface area (Å²) in [5.41, 5.74) is 1.05. The van der Waals surface area contributed by atoms with Gasteiger partial charge in [-0.2, -0.15) is 11.8 Å². The lowest BCUT2D eigenvalue weighted by Crippen LogP contribution is -2.22. The first-order valence-electron chi connectivity index (χ1n) is 6.18. The normalized spacial score (nSPS) is 14.3. The van der Waals surface area contributed by atoms with Crippen molar-refractivity contribution in [2.75, 3.05) is 19.9 Å². The molecular weight excluding hydrogens is 249 g/mol. The van der Waals surface area contributed by atoms with E-state index in [9.17, 15) is 4.39 Å². The number of benzene rings is 1. The summed E-state index contributed by atoms with van der Waals surface area (Å²) in [6.07, 6.45) is 3.25. The van der Waals surface area contributed by atoms with E-state index in [1.807, 2.05) is 11.8 Å². The van der Waals surface area contributed by atoms with E-state index in [0.717, 1.165) is 18.5 Å². The van der Waals surface area contributed by atoms with E-state index in [1.54, 1.807) is 12.1 Å². The van der Waals surface area contributed by atoms with E-state index in [-0.39, 0.29) is 11.9 Å². The monoisotopic (exact) mass is 271 g/mol. The van der Waals surface area contributed by atoms with Crippen LogP contribution >= 0.6 is 11.8 Å². The van der Waals surface area contributed by atoms with Gasteiger partial charge in [-0.3, -0.25) is 0 Å². The summed E-state index contributed by atoms with van der Waals surface area (Å²) in [4.78, 5) is 0. The number of nitrogens with one attached hydrogen (secondary N) is 1.